The molecule has 2 aromatic heterocycles. The lowest BCUT2D eigenvalue weighted by molar-refractivity contribution is 0.0941. The fraction of sp³-hybridized carbons (Fsp3) is 0.0526. The third-order valence-electron chi connectivity index (χ3n) is 4.05. The first kappa shape index (κ1) is 15.6. The standard InChI is InChI=1S/C19H14N6O/c20-10-17(13-11-21-25(12-13)14-6-2-1-3-7-14)22-19(26)18-15-8-4-5-9-16(15)23-24-18/h1-9,11-12,17H,(H,22,26)(H,23,24). The van der Waals surface area contributed by atoms with Crippen LogP contribution >= 0.6 is 0 Å². The van der Waals surface area contributed by atoms with Gasteiger partial charge in [0.1, 0.15) is 6.04 Å². The lowest BCUT2D eigenvalue weighted by atomic mass is 10.1. The van der Waals surface area contributed by atoms with Crippen LogP contribution in [0.15, 0.2) is 67.0 Å². The van der Waals surface area contributed by atoms with E-state index in [1.54, 1.807) is 17.1 Å². The summed E-state index contributed by atoms with van der Waals surface area (Å²) in [5.74, 6) is -0.415. The van der Waals surface area contributed by atoms with E-state index in [0.29, 0.717) is 10.9 Å². The summed E-state index contributed by atoms with van der Waals surface area (Å²) < 4.78 is 1.66. The number of benzene rings is 2. The number of hydrogen-bond acceptors (Lipinski definition) is 4. The molecule has 0 saturated heterocycles. The summed E-state index contributed by atoms with van der Waals surface area (Å²) in [6.07, 6.45) is 3.30. The highest BCUT2D eigenvalue weighted by atomic mass is 16.2. The van der Waals surface area contributed by atoms with E-state index < -0.39 is 11.9 Å². The molecule has 0 bridgehead atoms. The fourth-order valence-electron chi connectivity index (χ4n) is 2.73. The molecule has 7 heteroatoms. The maximum absolute atomic E-state index is 12.6. The first-order valence-corrected chi connectivity index (χ1v) is 8.00. The number of nitrogens with zero attached hydrogens (tertiary/aromatic N) is 4. The highest BCUT2D eigenvalue weighted by Gasteiger charge is 2.20. The van der Waals surface area contributed by atoms with Crippen LogP contribution in [0.5, 0.6) is 0 Å². The van der Waals surface area contributed by atoms with Gasteiger partial charge in [-0.2, -0.15) is 15.5 Å². The third-order valence-corrected chi connectivity index (χ3v) is 4.05. The van der Waals surface area contributed by atoms with Crippen LogP contribution in [-0.4, -0.2) is 25.9 Å². The zero-order valence-electron chi connectivity index (χ0n) is 13.6. The van der Waals surface area contributed by atoms with Gasteiger partial charge in [0.25, 0.3) is 5.91 Å². The van der Waals surface area contributed by atoms with Gasteiger partial charge in [-0.1, -0.05) is 36.4 Å². The number of nitrogens with one attached hydrogen (secondary N) is 2. The molecule has 0 fully saturated rings. The highest BCUT2D eigenvalue weighted by molar-refractivity contribution is 6.04. The molecule has 26 heavy (non-hydrogen) atoms. The van der Waals surface area contributed by atoms with Gasteiger partial charge in [0.2, 0.25) is 0 Å². The Hall–Kier alpha value is -3.92. The van der Waals surface area contributed by atoms with Crippen molar-refractivity contribution in [1.29, 1.82) is 5.26 Å². The van der Waals surface area contributed by atoms with Crippen molar-refractivity contribution in [3.05, 3.63) is 78.2 Å². The van der Waals surface area contributed by atoms with Crippen molar-refractivity contribution in [2.45, 2.75) is 6.04 Å². The van der Waals surface area contributed by atoms with E-state index in [1.807, 2.05) is 54.6 Å². The number of hydrogen-bond donors (Lipinski definition) is 2. The molecule has 1 unspecified atom stereocenters. The number of carbonyl (C=O) groups excluding carboxylic acids is 1. The first-order chi connectivity index (χ1) is 12.8. The minimum absolute atomic E-state index is 0.260. The van der Waals surface area contributed by atoms with E-state index in [0.717, 1.165) is 11.2 Å². The van der Waals surface area contributed by atoms with Gasteiger partial charge < -0.3 is 5.32 Å². The van der Waals surface area contributed by atoms with Gasteiger partial charge in [0.05, 0.1) is 23.5 Å². The summed E-state index contributed by atoms with van der Waals surface area (Å²) in [6, 6.07) is 18.2. The Bertz CT molecular complexity index is 1110. The highest BCUT2D eigenvalue weighted by Crippen LogP contribution is 2.18. The van der Waals surface area contributed by atoms with Crippen LogP contribution in [0.1, 0.15) is 22.1 Å². The summed E-state index contributed by atoms with van der Waals surface area (Å²) in [4.78, 5) is 12.6. The minimum atomic E-state index is -0.824. The Morgan fingerprint density at radius 2 is 1.92 bits per heavy atom. The lowest BCUT2D eigenvalue weighted by Gasteiger charge is -2.08. The number of para-hydroxylation sites is 2. The molecule has 2 aromatic carbocycles. The summed E-state index contributed by atoms with van der Waals surface area (Å²) in [5.41, 5.74) is 2.50. The fourth-order valence-corrected chi connectivity index (χ4v) is 2.73. The van der Waals surface area contributed by atoms with Gasteiger partial charge in [0, 0.05) is 17.1 Å². The smallest absolute Gasteiger partial charge is 0.273 e. The van der Waals surface area contributed by atoms with E-state index in [9.17, 15) is 10.1 Å². The predicted molar refractivity (Wildman–Crippen MR) is 95.5 cm³/mol. The van der Waals surface area contributed by atoms with E-state index in [2.05, 4.69) is 26.7 Å². The number of carbonyl (C=O) groups is 1. The Balaban J connectivity index is 1.58. The van der Waals surface area contributed by atoms with Crippen molar-refractivity contribution in [2.24, 2.45) is 0 Å². The van der Waals surface area contributed by atoms with Gasteiger partial charge in [-0.15, -0.1) is 0 Å². The molecule has 0 aliphatic rings. The van der Waals surface area contributed by atoms with Crippen LogP contribution in [0, 0.1) is 11.3 Å². The molecule has 4 aromatic rings. The molecule has 7 nitrogen and oxygen atoms in total. The number of aromatic amines is 1. The first-order valence-electron chi connectivity index (χ1n) is 8.00. The molecule has 1 atom stereocenters. The average Bonchev–Trinajstić information content (AvgIpc) is 3.34. The van der Waals surface area contributed by atoms with Gasteiger partial charge in [-0.3, -0.25) is 9.89 Å². The van der Waals surface area contributed by atoms with Crippen molar-refractivity contribution < 1.29 is 4.79 Å². The van der Waals surface area contributed by atoms with Crippen LogP contribution < -0.4 is 5.32 Å². The minimum Gasteiger partial charge on any atom is -0.331 e. The molecule has 2 heterocycles. The van der Waals surface area contributed by atoms with Crippen LogP contribution in [0.4, 0.5) is 0 Å². The molecule has 0 saturated carbocycles. The van der Waals surface area contributed by atoms with Crippen LogP contribution in [0.25, 0.3) is 16.6 Å². The van der Waals surface area contributed by atoms with Crippen molar-refractivity contribution in [3.8, 4) is 11.8 Å². The van der Waals surface area contributed by atoms with Crippen molar-refractivity contribution >= 4 is 16.8 Å². The Kier molecular flexibility index (Phi) is 3.92. The van der Waals surface area contributed by atoms with E-state index in [1.165, 1.54) is 0 Å². The quantitative estimate of drug-likeness (QED) is 0.595. The van der Waals surface area contributed by atoms with Crippen molar-refractivity contribution in [1.82, 2.24) is 25.3 Å². The Labute approximate surface area is 148 Å². The zero-order valence-corrected chi connectivity index (χ0v) is 13.6. The molecular formula is C19H14N6O. The molecule has 4 rings (SSSR count). The van der Waals surface area contributed by atoms with E-state index in [-0.39, 0.29) is 5.69 Å². The van der Waals surface area contributed by atoms with Crippen molar-refractivity contribution in [3.63, 3.8) is 0 Å². The monoisotopic (exact) mass is 342 g/mol. The second-order valence-corrected chi connectivity index (χ2v) is 5.71. The average molecular weight is 342 g/mol. The third kappa shape index (κ3) is 2.80. The van der Waals surface area contributed by atoms with Gasteiger partial charge in [0.15, 0.2) is 5.69 Å². The summed E-state index contributed by atoms with van der Waals surface area (Å²) in [6.45, 7) is 0. The molecule has 0 aliphatic heterocycles. The van der Waals surface area contributed by atoms with Crippen LogP contribution in [0.2, 0.25) is 0 Å². The maximum atomic E-state index is 12.6. The van der Waals surface area contributed by atoms with Gasteiger partial charge >= 0.3 is 0 Å². The van der Waals surface area contributed by atoms with Gasteiger partial charge in [-0.05, 0) is 18.2 Å². The summed E-state index contributed by atoms with van der Waals surface area (Å²) in [7, 11) is 0. The van der Waals surface area contributed by atoms with Gasteiger partial charge in [-0.25, -0.2) is 4.68 Å². The summed E-state index contributed by atoms with van der Waals surface area (Å²) in [5, 5.41) is 24.1. The molecular weight excluding hydrogens is 328 g/mol. The largest absolute Gasteiger partial charge is 0.331 e. The second kappa shape index (κ2) is 6.53. The molecule has 0 spiro atoms. The molecule has 0 radical (unpaired) electrons. The van der Waals surface area contributed by atoms with E-state index >= 15 is 0 Å². The summed E-state index contributed by atoms with van der Waals surface area (Å²) >= 11 is 0. The zero-order chi connectivity index (χ0) is 17.9. The molecule has 126 valence electrons. The molecule has 2 N–H and O–H groups in total. The lowest BCUT2D eigenvalue weighted by Crippen LogP contribution is -2.27. The second-order valence-electron chi connectivity index (χ2n) is 5.71. The van der Waals surface area contributed by atoms with Crippen LogP contribution in [-0.2, 0) is 0 Å². The molecule has 0 aliphatic carbocycles. The predicted octanol–water partition coefficient (Wildman–Crippen LogP) is 2.74. The van der Waals surface area contributed by atoms with E-state index in [4.69, 9.17) is 0 Å². The van der Waals surface area contributed by atoms with Crippen LogP contribution in [0.3, 0.4) is 0 Å². The topological polar surface area (TPSA) is 99.4 Å². The maximum Gasteiger partial charge on any atom is 0.273 e. The van der Waals surface area contributed by atoms with Crippen molar-refractivity contribution in [2.75, 3.05) is 0 Å². The normalized spacial score (nSPS) is 11.8. The number of nitriles is 1. The number of amides is 1. The Morgan fingerprint density at radius 1 is 1.15 bits per heavy atom. The Morgan fingerprint density at radius 3 is 2.73 bits per heavy atom. The number of H-pyrrole nitrogens is 1. The molecule has 1 amide bonds. The SMILES string of the molecule is N#CC(NC(=O)c1n[nH]c2ccccc12)c1cnn(-c2ccccc2)c1. The number of rotatable bonds is 4. The number of fused-ring (bicyclic) bond motifs is 1. The number of aromatic nitrogens is 4.